The number of furan rings is 1. The van der Waals surface area contributed by atoms with E-state index in [4.69, 9.17) is 19.4 Å². The van der Waals surface area contributed by atoms with Crippen molar-refractivity contribution >= 4 is 64.2 Å². The van der Waals surface area contributed by atoms with E-state index in [2.05, 4.69) is 109 Å². The van der Waals surface area contributed by atoms with E-state index in [1.165, 1.54) is 47.8 Å². The number of thiophene rings is 1. The van der Waals surface area contributed by atoms with E-state index in [-0.39, 0.29) is 0 Å². The number of nitrogens with zero attached hydrogens (tertiary/aromatic N) is 3. The van der Waals surface area contributed by atoms with Crippen molar-refractivity contribution in [3.8, 4) is 56.4 Å². The van der Waals surface area contributed by atoms with Crippen LogP contribution in [0.1, 0.15) is 0 Å². The highest BCUT2D eigenvalue weighted by molar-refractivity contribution is 7.25. The summed E-state index contributed by atoms with van der Waals surface area (Å²) in [6, 6.07) is 49.0. The van der Waals surface area contributed by atoms with Gasteiger partial charge in [-0.15, -0.1) is 11.3 Å². The van der Waals surface area contributed by atoms with Crippen LogP contribution in [0.5, 0.6) is 0 Å². The molecule has 7 aromatic carbocycles. The van der Waals surface area contributed by atoms with Crippen molar-refractivity contribution in [3.63, 3.8) is 0 Å². The number of rotatable bonds is 3. The van der Waals surface area contributed by atoms with Gasteiger partial charge in [0.2, 0.25) is 0 Å². The van der Waals surface area contributed by atoms with Crippen LogP contribution in [0, 0.1) is 0 Å². The van der Waals surface area contributed by atoms with Gasteiger partial charge in [-0.3, -0.25) is 0 Å². The average molecular weight is 630 g/mol. The van der Waals surface area contributed by atoms with Gasteiger partial charge >= 0.3 is 0 Å². The Morgan fingerprint density at radius 1 is 0.375 bits per heavy atom. The summed E-state index contributed by atoms with van der Waals surface area (Å²) in [6.45, 7) is 0. The number of aromatic nitrogens is 3. The number of para-hydroxylation sites is 1. The van der Waals surface area contributed by atoms with Crippen LogP contribution in [0.15, 0.2) is 144 Å². The minimum absolute atomic E-state index is 0.585. The van der Waals surface area contributed by atoms with Crippen molar-refractivity contribution in [2.45, 2.75) is 0 Å². The topological polar surface area (TPSA) is 51.8 Å². The fourth-order valence-corrected chi connectivity index (χ4v) is 8.59. The van der Waals surface area contributed by atoms with Gasteiger partial charge in [0.1, 0.15) is 11.2 Å². The smallest absolute Gasteiger partial charge is 0.167 e. The Morgan fingerprint density at radius 3 is 1.90 bits per heavy atom. The second kappa shape index (κ2) is 9.67. The van der Waals surface area contributed by atoms with Gasteiger partial charge < -0.3 is 4.42 Å². The van der Waals surface area contributed by atoms with Crippen molar-refractivity contribution in [2.24, 2.45) is 0 Å². The molecule has 3 heterocycles. The zero-order valence-electron chi connectivity index (χ0n) is 25.4. The molecule has 3 aromatic heterocycles. The molecule has 0 aliphatic heterocycles. The summed E-state index contributed by atoms with van der Waals surface area (Å²) < 4.78 is 9.39. The fourth-order valence-electron chi connectivity index (χ4n) is 7.50. The van der Waals surface area contributed by atoms with Gasteiger partial charge in [0.15, 0.2) is 17.5 Å². The summed E-state index contributed by atoms with van der Waals surface area (Å²) in [5.41, 5.74) is 9.44. The Kier molecular flexibility index (Phi) is 5.23. The maximum absolute atomic E-state index is 6.88. The summed E-state index contributed by atoms with van der Waals surface area (Å²) in [5.74, 6) is 1.84. The van der Waals surface area contributed by atoms with Crippen molar-refractivity contribution < 1.29 is 4.42 Å². The van der Waals surface area contributed by atoms with Crippen LogP contribution in [0.4, 0.5) is 0 Å². The molecule has 0 saturated heterocycles. The van der Waals surface area contributed by atoms with E-state index in [0.29, 0.717) is 17.5 Å². The molecule has 48 heavy (non-hydrogen) atoms. The van der Waals surface area contributed by atoms with Crippen LogP contribution in [0.25, 0.3) is 109 Å². The minimum Gasteiger partial charge on any atom is -0.455 e. The lowest BCUT2D eigenvalue weighted by atomic mass is 9.99. The monoisotopic (exact) mass is 629 g/mol. The molecule has 10 aromatic rings. The summed E-state index contributed by atoms with van der Waals surface area (Å²) >= 11 is 1.81. The lowest BCUT2D eigenvalue weighted by molar-refractivity contribution is 0.673. The van der Waals surface area contributed by atoms with Crippen molar-refractivity contribution in [2.75, 3.05) is 0 Å². The molecular formula is C43H23N3OS. The predicted octanol–water partition coefficient (Wildman–Crippen LogP) is 11.9. The number of hydrogen-bond donors (Lipinski definition) is 0. The van der Waals surface area contributed by atoms with Crippen LogP contribution in [0.2, 0.25) is 0 Å². The molecule has 0 saturated carbocycles. The molecule has 1 aliphatic rings. The van der Waals surface area contributed by atoms with Gasteiger partial charge in [-0.05, 0) is 58.7 Å². The number of fused-ring (bicyclic) bond motifs is 10. The summed E-state index contributed by atoms with van der Waals surface area (Å²) in [7, 11) is 0. The van der Waals surface area contributed by atoms with Gasteiger partial charge in [-0.2, -0.15) is 0 Å². The first-order valence-electron chi connectivity index (χ1n) is 16.0. The zero-order chi connectivity index (χ0) is 31.3. The Labute approximate surface area is 278 Å². The lowest BCUT2D eigenvalue weighted by Crippen LogP contribution is -2.00. The fraction of sp³-hybridized carbons (Fsp3) is 0. The van der Waals surface area contributed by atoms with Gasteiger partial charge in [0, 0.05) is 52.8 Å². The lowest BCUT2D eigenvalue weighted by Gasteiger charge is -2.09. The maximum Gasteiger partial charge on any atom is 0.167 e. The first-order chi connectivity index (χ1) is 23.8. The number of hydrogen-bond acceptors (Lipinski definition) is 5. The highest BCUT2D eigenvalue weighted by Crippen LogP contribution is 2.51. The van der Waals surface area contributed by atoms with E-state index >= 15 is 0 Å². The van der Waals surface area contributed by atoms with E-state index in [0.717, 1.165) is 44.0 Å². The second-order valence-corrected chi connectivity index (χ2v) is 13.4. The van der Waals surface area contributed by atoms with Crippen LogP contribution in [0.3, 0.4) is 0 Å². The molecule has 0 bridgehead atoms. The average Bonchev–Trinajstić information content (AvgIpc) is 3.82. The second-order valence-electron chi connectivity index (χ2n) is 12.3. The van der Waals surface area contributed by atoms with Crippen molar-refractivity contribution in [1.82, 2.24) is 15.0 Å². The van der Waals surface area contributed by atoms with Gasteiger partial charge in [-0.25, -0.2) is 15.0 Å². The maximum atomic E-state index is 6.88. The minimum atomic E-state index is 0.585. The normalized spacial score (nSPS) is 12.2. The molecule has 5 heteroatoms. The largest absolute Gasteiger partial charge is 0.455 e. The molecule has 1 aliphatic carbocycles. The molecule has 4 nitrogen and oxygen atoms in total. The molecule has 0 unspecified atom stereocenters. The highest BCUT2D eigenvalue weighted by atomic mass is 32.1. The Hall–Kier alpha value is -6.17. The highest BCUT2D eigenvalue weighted by Gasteiger charge is 2.25. The third kappa shape index (κ3) is 3.62. The summed E-state index contributed by atoms with van der Waals surface area (Å²) in [4.78, 5) is 15.3. The molecular weight excluding hydrogens is 607 g/mol. The first-order valence-corrected chi connectivity index (χ1v) is 16.8. The molecule has 0 atom stereocenters. The molecule has 0 spiro atoms. The van der Waals surface area contributed by atoms with E-state index in [1.54, 1.807) is 11.3 Å². The van der Waals surface area contributed by atoms with Gasteiger partial charge in [0.05, 0.1) is 5.56 Å². The van der Waals surface area contributed by atoms with Crippen LogP contribution < -0.4 is 0 Å². The molecule has 11 rings (SSSR count). The third-order valence-corrected chi connectivity index (χ3v) is 10.8. The van der Waals surface area contributed by atoms with E-state index < -0.39 is 0 Å². The van der Waals surface area contributed by atoms with Crippen molar-refractivity contribution in [1.29, 1.82) is 0 Å². The van der Waals surface area contributed by atoms with E-state index in [9.17, 15) is 0 Å². The van der Waals surface area contributed by atoms with Crippen LogP contribution in [-0.4, -0.2) is 15.0 Å². The molecule has 0 fully saturated rings. The molecule has 0 amide bonds. The van der Waals surface area contributed by atoms with Crippen molar-refractivity contribution in [3.05, 3.63) is 140 Å². The van der Waals surface area contributed by atoms with Gasteiger partial charge in [-0.1, -0.05) is 103 Å². The third-order valence-electron chi connectivity index (χ3n) is 9.67. The zero-order valence-corrected chi connectivity index (χ0v) is 26.3. The Balaban J connectivity index is 1.17. The Morgan fingerprint density at radius 2 is 1.02 bits per heavy atom. The van der Waals surface area contributed by atoms with E-state index in [1.807, 2.05) is 30.3 Å². The first kappa shape index (κ1) is 26.0. The SMILES string of the molecule is c1ccc(-c2nc(-c3ccc4sc5ccccc5c4c3)nc(-c3cccc4c3oc3c5cccc6c5c(cc43)-c3ccccc3-6)n2)cc1. The van der Waals surface area contributed by atoms with Gasteiger partial charge in [0.25, 0.3) is 0 Å². The van der Waals surface area contributed by atoms with Crippen LogP contribution in [-0.2, 0) is 0 Å². The summed E-state index contributed by atoms with van der Waals surface area (Å²) in [5, 5.41) is 6.96. The summed E-state index contributed by atoms with van der Waals surface area (Å²) in [6.07, 6.45) is 0. The molecule has 0 N–H and O–H groups in total. The molecule has 222 valence electrons. The predicted molar refractivity (Wildman–Crippen MR) is 198 cm³/mol. The molecule has 0 radical (unpaired) electrons. The number of benzene rings is 7. The standard InChI is InChI=1S/C43H23N3OS/c1-2-10-24(11-3-1)41-44-42(25-20-21-37-33(22-25)28-14-6-7-19-36(28)48-37)46-43(45-41)32-18-9-16-30-35-23-34-27-13-5-4-12-26(27)29-15-8-17-31(38(29)34)40(35)47-39(30)32/h1-23H. The Bertz CT molecular complexity index is 2960. The van der Waals surface area contributed by atoms with Crippen LogP contribution >= 0.6 is 11.3 Å². The quantitative estimate of drug-likeness (QED) is 0.195.